The van der Waals surface area contributed by atoms with Gasteiger partial charge in [0.05, 0.1) is 24.0 Å². The van der Waals surface area contributed by atoms with Gasteiger partial charge in [-0.1, -0.05) is 5.16 Å². The predicted octanol–water partition coefficient (Wildman–Crippen LogP) is 0.614. The van der Waals surface area contributed by atoms with Gasteiger partial charge in [0, 0.05) is 32.2 Å². The number of aliphatic hydroxyl groups excluding tert-OH is 1. The summed E-state index contributed by atoms with van der Waals surface area (Å²) in [7, 11) is 1.63. The molecule has 0 aromatic carbocycles. The number of hydrogen-bond acceptors (Lipinski definition) is 7. The lowest BCUT2D eigenvalue weighted by Crippen LogP contribution is -2.49. The average Bonchev–Trinajstić information content (AvgIpc) is 3.04. The first-order valence-electron chi connectivity index (χ1n) is 8.95. The van der Waals surface area contributed by atoms with E-state index < -0.39 is 6.10 Å². The summed E-state index contributed by atoms with van der Waals surface area (Å²) in [4.78, 5) is 0. The quantitative estimate of drug-likeness (QED) is 0.671. The van der Waals surface area contributed by atoms with E-state index in [1.165, 1.54) is 0 Å². The van der Waals surface area contributed by atoms with Crippen LogP contribution in [0.2, 0.25) is 0 Å². The van der Waals surface area contributed by atoms with Crippen molar-refractivity contribution >= 4 is 0 Å². The molecule has 3 atom stereocenters. The summed E-state index contributed by atoms with van der Waals surface area (Å²) >= 11 is 0. The zero-order chi connectivity index (χ0) is 16.8. The second-order valence-corrected chi connectivity index (χ2v) is 6.80. The minimum atomic E-state index is -0.392. The summed E-state index contributed by atoms with van der Waals surface area (Å²) in [6.45, 7) is 3.25. The van der Waals surface area contributed by atoms with E-state index in [-0.39, 0.29) is 12.2 Å². The third kappa shape index (κ3) is 5.00. The molecule has 3 unspecified atom stereocenters. The number of piperidine rings is 1. The van der Waals surface area contributed by atoms with Crippen molar-refractivity contribution in [1.29, 1.82) is 0 Å². The van der Waals surface area contributed by atoms with E-state index in [0.717, 1.165) is 50.2 Å². The third-order valence-electron chi connectivity index (χ3n) is 4.86. The monoisotopic (exact) mass is 339 g/mol. The Morgan fingerprint density at radius 1 is 1.33 bits per heavy atom. The van der Waals surface area contributed by atoms with Crippen LogP contribution in [-0.2, 0) is 22.5 Å². The van der Waals surface area contributed by atoms with Crippen LogP contribution in [0, 0.1) is 0 Å². The molecule has 0 bridgehead atoms. The molecule has 1 aromatic rings. The third-order valence-corrected chi connectivity index (χ3v) is 4.86. The summed E-state index contributed by atoms with van der Waals surface area (Å²) < 4.78 is 16.4. The molecular formula is C17H29N3O4. The summed E-state index contributed by atoms with van der Waals surface area (Å²) in [5, 5.41) is 21.2. The normalized spacial score (nSPS) is 29.0. The first kappa shape index (κ1) is 17.8. The fourth-order valence-corrected chi connectivity index (χ4v) is 3.49. The highest BCUT2D eigenvalue weighted by molar-refractivity contribution is 5.06. The molecule has 2 aliphatic heterocycles. The zero-order valence-corrected chi connectivity index (χ0v) is 14.4. The van der Waals surface area contributed by atoms with Crippen LogP contribution in [0.4, 0.5) is 0 Å². The molecule has 2 saturated heterocycles. The van der Waals surface area contributed by atoms with Gasteiger partial charge in [0.25, 0.3) is 0 Å². The smallest absolute Gasteiger partial charge is 0.162 e. The first-order chi connectivity index (χ1) is 11.7. The minimum Gasteiger partial charge on any atom is -0.390 e. The van der Waals surface area contributed by atoms with Gasteiger partial charge in [0.1, 0.15) is 6.61 Å². The molecule has 0 spiro atoms. The molecule has 7 nitrogen and oxygen atoms in total. The standard InChI is InChI=1S/C17H29N3O4/c1-22-11-15-9-13(20-24-15)8-14-2-3-16(21)17(23-14)10-19-12-4-6-18-7-5-12/h9,12,14,16-19,21H,2-8,10-11H2,1H3. The molecular weight excluding hydrogens is 310 g/mol. The fraction of sp³-hybridized carbons (Fsp3) is 0.824. The van der Waals surface area contributed by atoms with Gasteiger partial charge in [-0.05, 0) is 38.8 Å². The van der Waals surface area contributed by atoms with Crippen molar-refractivity contribution in [2.24, 2.45) is 0 Å². The lowest BCUT2D eigenvalue weighted by Gasteiger charge is -2.35. The van der Waals surface area contributed by atoms with Crippen molar-refractivity contribution in [3.8, 4) is 0 Å². The largest absolute Gasteiger partial charge is 0.390 e. The Balaban J connectivity index is 1.46. The van der Waals surface area contributed by atoms with Crippen LogP contribution in [0.5, 0.6) is 0 Å². The van der Waals surface area contributed by atoms with Crippen molar-refractivity contribution < 1.29 is 19.1 Å². The van der Waals surface area contributed by atoms with Gasteiger partial charge in [-0.15, -0.1) is 0 Å². The highest BCUT2D eigenvalue weighted by Crippen LogP contribution is 2.23. The molecule has 0 radical (unpaired) electrons. The van der Waals surface area contributed by atoms with Gasteiger partial charge < -0.3 is 29.7 Å². The Bertz CT molecular complexity index is 490. The van der Waals surface area contributed by atoms with E-state index >= 15 is 0 Å². The van der Waals surface area contributed by atoms with Crippen LogP contribution in [0.25, 0.3) is 0 Å². The topological polar surface area (TPSA) is 88.8 Å². The number of aromatic nitrogens is 1. The van der Waals surface area contributed by atoms with Crippen LogP contribution in [-0.4, -0.2) is 61.4 Å². The second kappa shape index (κ2) is 8.92. The molecule has 0 aliphatic carbocycles. The van der Waals surface area contributed by atoms with Crippen LogP contribution < -0.4 is 10.6 Å². The Labute approximate surface area is 143 Å². The van der Waals surface area contributed by atoms with Gasteiger partial charge in [0.2, 0.25) is 0 Å². The van der Waals surface area contributed by atoms with Gasteiger partial charge >= 0.3 is 0 Å². The van der Waals surface area contributed by atoms with Crippen LogP contribution in [0.15, 0.2) is 10.6 Å². The maximum atomic E-state index is 10.2. The number of nitrogens with one attached hydrogen (secondary N) is 2. The Morgan fingerprint density at radius 3 is 2.96 bits per heavy atom. The number of rotatable bonds is 7. The van der Waals surface area contributed by atoms with Crippen molar-refractivity contribution in [1.82, 2.24) is 15.8 Å². The Hall–Kier alpha value is -0.990. The van der Waals surface area contributed by atoms with Gasteiger partial charge in [0.15, 0.2) is 5.76 Å². The lowest BCUT2D eigenvalue weighted by molar-refractivity contribution is -0.115. The van der Waals surface area contributed by atoms with E-state index in [1.54, 1.807) is 7.11 Å². The van der Waals surface area contributed by atoms with E-state index in [9.17, 15) is 5.11 Å². The van der Waals surface area contributed by atoms with Crippen molar-refractivity contribution in [2.75, 3.05) is 26.7 Å². The van der Waals surface area contributed by atoms with E-state index in [2.05, 4.69) is 15.8 Å². The summed E-state index contributed by atoms with van der Waals surface area (Å²) in [6.07, 6.45) is 4.13. The fourth-order valence-electron chi connectivity index (χ4n) is 3.49. The summed E-state index contributed by atoms with van der Waals surface area (Å²) in [5.74, 6) is 0.729. The molecule has 2 fully saturated rings. The number of aliphatic hydroxyl groups is 1. The number of hydrogen-bond donors (Lipinski definition) is 3. The Morgan fingerprint density at radius 2 is 2.17 bits per heavy atom. The molecule has 3 heterocycles. The second-order valence-electron chi connectivity index (χ2n) is 6.80. The lowest BCUT2D eigenvalue weighted by atomic mass is 9.97. The molecule has 1 aromatic heterocycles. The van der Waals surface area contributed by atoms with Crippen LogP contribution >= 0.6 is 0 Å². The van der Waals surface area contributed by atoms with Crippen LogP contribution in [0.1, 0.15) is 37.1 Å². The maximum Gasteiger partial charge on any atom is 0.162 e. The maximum absolute atomic E-state index is 10.2. The predicted molar refractivity (Wildman–Crippen MR) is 88.7 cm³/mol. The zero-order valence-electron chi connectivity index (χ0n) is 14.4. The van der Waals surface area contributed by atoms with Crippen molar-refractivity contribution in [3.05, 3.63) is 17.5 Å². The molecule has 0 amide bonds. The number of methoxy groups -OCH3 is 1. The van der Waals surface area contributed by atoms with Crippen molar-refractivity contribution in [2.45, 2.75) is 63.1 Å². The first-order valence-corrected chi connectivity index (χ1v) is 8.95. The minimum absolute atomic E-state index is 0.0775. The summed E-state index contributed by atoms with van der Waals surface area (Å²) in [5.41, 5.74) is 0.883. The molecule has 2 aliphatic rings. The van der Waals surface area contributed by atoms with E-state index in [0.29, 0.717) is 25.6 Å². The highest BCUT2D eigenvalue weighted by atomic mass is 16.5. The number of nitrogens with zero attached hydrogens (tertiary/aromatic N) is 1. The van der Waals surface area contributed by atoms with E-state index in [1.807, 2.05) is 6.07 Å². The molecule has 3 N–H and O–H groups in total. The van der Waals surface area contributed by atoms with Crippen molar-refractivity contribution in [3.63, 3.8) is 0 Å². The Kier molecular flexibility index (Phi) is 6.62. The van der Waals surface area contributed by atoms with Gasteiger partial charge in [-0.2, -0.15) is 0 Å². The van der Waals surface area contributed by atoms with Gasteiger partial charge in [-0.25, -0.2) is 0 Å². The SMILES string of the molecule is COCc1cc(CC2CCC(O)C(CNC3CCNCC3)O2)no1. The molecule has 7 heteroatoms. The van der Waals surface area contributed by atoms with E-state index in [4.69, 9.17) is 14.0 Å². The highest BCUT2D eigenvalue weighted by Gasteiger charge is 2.31. The summed E-state index contributed by atoms with van der Waals surface area (Å²) in [6, 6.07) is 2.44. The van der Waals surface area contributed by atoms with Crippen LogP contribution in [0.3, 0.4) is 0 Å². The van der Waals surface area contributed by atoms with Gasteiger partial charge in [-0.3, -0.25) is 0 Å². The average molecular weight is 339 g/mol. The molecule has 0 saturated carbocycles. The number of ether oxygens (including phenoxy) is 2. The molecule has 3 rings (SSSR count). The molecule has 136 valence electrons. The molecule has 24 heavy (non-hydrogen) atoms.